The molecule has 12 heteroatoms. The van der Waals surface area contributed by atoms with E-state index in [1.165, 1.54) is 30.3 Å². The van der Waals surface area contributed by atoms with Crippen molar-refractivity contribution in [3.05, 3.63) is 91.4 Å². The molecule has 0 aliphatic carbocycles. The second kappa shape index (κ2) is 11.4. The third-order valence-corrected chi connectivity index (χ3v) is 6.85. The van der Waals surface area contributed by atoms with E-state index in [2.05, 4.69) is 10.6 Å². The molecule has 0 atom stereocenters. The van der Waals surface area contributed by atoms with Gasteiger partial charge in [-0.1, -0.05) is 58.5 Å². The fourth-order valence-electron chi connectivity index (χ4n) is 3.52. The Kier molecular flexibility index (Phi) is 8.28. The summed E-state index contributed by atoms with van der Waals surface area (Å²) in [5, 5.41) is 5.91. The van der Waals surface area contributed by atoms with Crippen LogP contribution in [0.2, 0.25) is 20.1 Å². The normalized spacial score (nSPS) is 14.5. The van der Waals surface area contributed by atoms with E-state index in [1.807, 2.05) is 0 Å². The van der Waals surface area contributed by atoms with E-state index in [0.29, 0.717) is 31.9 Å². The minimum atomic E-state index is -0.886. The summed E-state index contributed by atoms with van der Waals surface area (Å²) in [5.41, 5.74) is 1.29. The lowest BCUT2D eigenvalue weighted by atomic mass is 10.1. The molecule has 0 unspecified atom stereocenters. The fourth-order valence-corrected chi connectivity index (χ4v) is 4.23. The SMILES string of the molecule is Cc1c(Cl)cccc1N1C(=O)NC(=O)/C(=C/c2ccc(OCC(=O)Nc3ccc(Cl)c(Cl)c3)c(Cl)c2)C1=O. The molecule has 0 spiro atoms. The van der Waals surface area contributed by atoms with Crippen LogP contribution < -0.4 is 20.3 Å². The van der Waals surface area contributed by atoms with Gasteiger partial charge in [0.05, 0.1) is 20.8 Å². The number of barbiturate groups is 1. The third-order valence-electron chi connectivity index (χ3n) is 5.41. The number of halogens is 4. The lowest BCUT2D eigenvalue weighted by Crippen LogP contribution is -2.54. The van der Waals surface area contributed by atoms with Crippen LogP contribution in [-0.4, -0.2) is 30.4 Å². The van der Waals surface area contributed by atoms with Gasteiger partial charge in [0.25, 0.3) is 17.7 Å². The molecule has 0 radical (unpaired) electrons. The number of imide groups is 2. The summed E-state index contributed by atoms with van der Waals surface area (Å²) in [6.07, 6.45) is 1.30. The van der Waals surface area contributed by atoms with Crippen molar-refractivity contribution in [1.29, 1.82) is 0 Å². The molecule has 8 nitrogen and oxygen atoms in total. The lowest BCUT2D eigenvalue weighted by Gasteiger charge is -2.27. The van der Waals surface area contributed by atoms with Gasteiger partial charge < -0.3 is 10.1 Å². The molecule has 3 aromatic carbocycles. The van der Waals surface area contributed by atoms with Crippen molar-refractivity contribution in [2.45, 2.75) is 6.92 Å². The molecule has 1 fully saturated rings. The van der Waals surface area contributed by atoms with Crippen molar-refractivity contribution in [3.63, 3.8) is 0 Å². The van der Waals surface area contributed by atoms with E-state index in [-0.39, 0.29) is 28.6 Å². The van der Waals surface area contributed by atoms with E-state index in [1.54, 1.807) is 37.3 Å². The maximum absolute atomic E-state index is 13.1. The minimum absolute atomic E-state index is 0.129. The van der Waals surface area contributed by atoms with E-state index >= 15 is 0 Å². The van der Waals surface area contributed by atoms with Crippen LogP contribution >= 0.6 is 46.4 Å². The molecule has 4 rings (SSSR count). The molecule has 1 aliphatic heterocycles. The largest absolute Gasteiger partial charge is 0.482 e. The Morgan fingerprint density at radius 3 is 2.42 bits per heavy atom. The summed E-state index contributed by atoms with van der Waals surface area (Å²) in [4.78, 5) is 51.2. The van der Waals surface area contributed by atoms with Gasteiger partial charge in [-0.05, 0) is 66.6 Å². The highest BCUT2D eigenvalue weighted by atomic mass is 35.5. The molecule has 3 aromatic rings. The van der Waals surface area contributed by atoms with Crippen molar-refractivity contribution in [1.82, 2.24) is 5.32 Å². The monoisotopic (exact) mass is 591 g/mol. The van der Waals surface area contributed by atoms with Gasteiger partial charge in [-0.15, -0.1) is 0 Å². The number of amides is 5. The first-order valence-electron chi connectivity index (χ1n) is 10.9. The number of anilines is 2. The molecule has 0 aromatic heterocycles. The number of urea groups is 1. The number of nitrogens with zero attached hydrogens (tertiary/aromatic N) is 1. The van der Waals surface area contributed by atoms with Crippen molar-refractivity contribution in [2.75, 3.05) is 16.8 Å². The van der Waals surface area contributed by atoms with Gasteiger partial charge in [0.1, 0.15) is 11.3 Å². The zero-order valence-corrected chi connectivity index (χ0v) is 22.5. The van der Waals surface area contributed by atoms with Crippen molar-refractivity contribution >= 4 is 87.6 Å². The number of ether oxygens (including phenoxy) is 1. The Balaban J connectivity index is 1.49. The number of benzene rings is 3. The number of carbonyl (C=O) groups excluding carboxylic acids is 4. The second-order valence-electron chi connectivity index (χ2n) is 8.00. The van der Waals surface area contributed by atoms with Crippen LogP contribution in [0.25, 0.3) is 6.08 Å². The molecule has 0 bridgehead atoms. The third kappa shape index (κ3) is 5.95. The van der Waals surface area contributed by atoms with E-state index < -0.39 is 23.8 Å². The van der Waals surface area contributed by atoms with Crippen LogP contribution in [0.3, 0.4) is 0 Å². The average molecular weight is 593 g/mol. The van der Waals surface area contributed by atoms with Gasteiger partial charge in [-0.2, -0.15) is 0 Å². The summed E-state index contributed by atoms with van der Waals surface area (Å²) in [6.45, 7) is 1.30. The van der Waals surface area contributed by atoms with Crippen LogP contribution in [0.1, 0.15) is 11.1 Å². The zero-order valence-electron chi connectivity index (χ0n) is 19.5. The van der Waals surface area contributed by atoms with E-state index in [9.17, 15) is 19.2 Å². The topological polar surface area (TPSA) is 105 Å². The Bertz CT molecular complexity index is 1520. The standard InChI is InChI=1S/C26H17Cl4N3O5/c1-13-17(27)3-2-4-21(13)33-25(36)16(24(35)32-26(33)37)9-14-5-8-22(20(30)10-14)38-12-23(34)31-15-6-7-18(28)19(29)11-15/h2-11H,12H2,1H3,(H,31,34)(H,32,35,37)/b16-9-. The Labute approximate surface area is 237 Å². The summed E-state index contributed by atoms with van der Waals surface area (Å²) in [5.74, 6) is -1.94. The number of rotatable bonds is 6. The number of hydrogen-bond acceptors (Lipinski definition) is 5. The average Bonchev–Trinajstić information content (AvgIpc) is 2.86. The number of nitrogens with one attached hydrogen (secondary N) is 2. The van der Waals surface area contributed by atoms with Gasteiger partial charge in [0, 0.05) is 10.7 Å². The predicted octanol–water partition coefficient (Wildman–Crippen LogP) is 6.29. The molecule has 1 aliphatic rings. The fraction of sp³-hybridized carbons (Fsp3) is 0.0769. The Morgan fingerprint density at radius 2 is 1.71 bits per heavy atom. The molecular formula is C26H17Cl4N3O5. The summed E-state index contributed by atoms with van der Waals surface area (Å²) >= 11 is 24.3. The van der Waals surface area contributed by atoms with Gasteiger partial charge in [-0.25, -0.2) is 9.69 Å². The van der Waals surface area contributed by atoms with Crippen molar-refractivity contribution in [3.8, 4) is 5.75 Å². The molecular weight excluding hydrogens is 576 g/mol. The quantitative estimate of drug-likeness (QED) is 0.258. The molecule has 5 amide bonds. The lowest BCUT2D eigenvalue weighted by molar-refractivity contribution is -0.122. The van der Waals surface area contributed by atoms with Gasteiger partial charge in [0.15, 0.2) is 6.61 Å². The summed E-state index contributed by atoms with van der Waals surface area (Å²) < 4.78 is 5.49. The molecule has 1 heterocycles. The highest BCUT2D eigenvalue weighted by molar-refractivity contribution is 6.42. The van der Waals surface area contributed by atoms with Gasteiger partial charge in [0.2, 0.25) is 0 Å². The van der Waals surface area contributed by atoms with Crippen LogP contribution in [0, 0.1) is 6.92 Å². The summed E-state index contributed by atoms with van der Waals surface area (Å²) in [6, 6.07) is 13.0. The van der Waals surface area contributed by atoms with Crippen LogP contribution in [-0.2, 0) is 14.4 Å². The van der Waals surface area contributed by atoms with Gasteiger partial charge in [-0.3, -0.25) is 19.7 Å². The Morgan fingerprint density at radius 1 is 0.947 bits per heavy atom. The molecule has 194 valence electrons. The van der Waals surface area contributed by atoms with Crippen molar-refractivity contribution in [2.24, 2.45) is 0 Å². The highest BCUT2D eigenvalue weighted by Gasteiger charge is 2.37. The molecule has 38 heavy (non-hydrogen) atoms. The zero-order chi connectivity index (χ0) is 27.6. The van der Waals surface area contributed by atoms with Gasteiger partial charge >= 0.3 is 6.03 Å². The van der Waals surface area contributed by atoms with E-state index in [4.69, 9.17) is 51.1 Å². The maximum atomic E-state index is 13.1. The van der Waals surface area contributed by atoms with Crippen LogP contribution in [0.5, 0.6) is 5.75 Å². The second-order valence-corrected chi connectivity index (χ2v) is 9.63. The van der Waals surface area contributed by atoms with Crippen molar-refractivity contribution < 1.29 is 23.9 Å². The van der Waals surface area contributed by atoms with Crippen LogP contribution in [0.15, 0.2) is 60.2 Å². The highest BCUT2D eigenvalue weighted by Crippen LogP contribution is 2.31. The number of hydrogen-bond donors (Lipinski definition) is 2. The molecule has 0 saturated carbocycles. The minimum Gasteiger partial charge on any atom is -0.482 e. The van der Waals surface area contributed by atoms with E-state index in [0.717, 1.165) is 4.90 Å². The first kappa shape index (κ1) is 27.5. The number of carbonyl (C=O) groups is 4. The smallest absolute Gasteiger partial charge is 0.335 e. The molecule has 1 saturated heterocycles. The summed E-state index contributed by atoms with van der Waals surface area (Å²) in [7, 11) is 0. The Hall–Kier alpha value is -3.56. The van der Waals surface area contributed by atoms with Crippen LogP contribution in [0.4, 0.5) is 16.2 Å². The first-order valence-corrected chi connectivity index (χ1v) is 12.4. The molecule has 2 N–H and O–H groups in total. The first-order chi connectivity index (χ1) is 18.0. The maximum Gasteiger partial charge on any atom is 0.335 e. The predicted molar refractivity (Wildman–Crippen MR) is 147 cm³/mol.